The van der Waals surface area contributed by atoms with Crippen molar-refractivity contribution in [2.24, 2.45) is 0 Å². The van der Waals surface area contributed by atoms with E-state index in [0.717, 1.165) is 11.1 Å². The number of fused-ring (bicyclic) bond motifs is 1. The lowest BCUT2D eigenvalue weighted by Gasteiger charge is -2.09. The Balaban J connectivity index is 1.35. The minimum absolute atomic E-state index is 0.135. The molecule has 0 fully saturated rings. The van der Waals surface area contributed by atoms with E-state index in [-0.39, 0.29) is 12.5 Å². The van der Waals surface area contributed by atoms with E-state index in [1.54, 1.807) is 47.2 Å². The number of anilines is 1. The summed E-state index contributed by atoms with van der Waals surface area (Å²) in [5, 5.41) is 16.5. The maximum Gasteiger partial charge on any atom is 0.262 e. The highest BCUT2D eigenvalue weighted by Gasteiger charge is 2.12. The van der Waals surface area contributed by atoms with Crippen LogP contribution in [0.4, 0.5) is 5.69 Å². The molecule has 9 heteroatoms. The van der Waals surface area contributed by atoms with Gasteiger partial charge in [-0.05, 0) is 54.6 Å². The number of hydrogen-bond donors (Lipinski definition) is 1. The Labute approximate surface area is 193 Å². The molecule has 162 valence electrons. The summed E-state index contributed by atoms with van der Waals surface area (Å²) in [6.07, 6.45) is 3.41. The third-order valence-corrected chi connectivity index (χ3v) is 5.03. The number of aromatic nitrogens is 5. The lowest BCUT2D eigenvalue weighted by atomic mass is 10.1. The molecule has 0 unspecified atom stereocenters. The highest BCUT2D eigenvalue weighted by Crippen LogP contribution is 2.23. The van der Waals surface area contributed by atoms with Crippen LogP contribution in [0.15, 0.2) is 85.2 Å². The Morgan fingerprint density at radius 2 is 1.85 bits per heavy atom. The monoisotopic (exact) mass is 456 g/mol. The molecule has 3 heterocycles. The fourth-order valence-corrected chi connectivity index (χ4v) is 3.46. The number of amides is 1. The van der Waals surface area contributed by atoms with Crippen LogP contribution < -0.4 is 10.1 Å². The number of benzene rings is 2. The van der Waals surface area contributed by atoms with Crippen LogP contribution in [-0.2, 0) is 4.79 Å². The minimum atomic E-state index is -0.284. The summed E-state index contributed by atoms with van der Waals surface area (Å²) in [5.41, 5.74) is 3.61. The zero-order valence-corrected chi connectivity index (χ0v) is 18.0. The summed E-state index contributed by atoms with van der Waals surface area (Å²) in [7, 11) is 0. The van der Waals surface area contributed by atoms with Gasteiger partial charge in [0.05, 0.1) is 5.69 Å². The van der Waals surface area contributed by atoms with E-state index >= 15 is 0 Å². The molecule has 1 amide bonds. The van der Waals surface area contributed by atoms with Gasteiger partial charge in [-0.15, -0.1) is 10.2 Å². The van der Waals surface area contributed by atoms with E-state index in [1.165, 1.54) is 0 Å². The molecular formula is C24H17ClN6O2. The lowest BCUT2D eigenvalue weighted by Crippen LogP contribution is -2.20. The van der Waals surface area contributed by atoms with Gasteiger partial charge in [-0.2, -0.15) is 9.61 Å². The molecule has 0 saturated carbocycles. The molecule has 0 bridgehead atoms. The first-order valence-electron chi connectivity index (χ1n) is 10.1. The Hall–Kier alpha value is -4.30. The Kier molecular flexibility index (Phi) is 5.65. The topological polar surface area (TPSA) is 94.3 Å². The summed E-state index contributed by atoms with van der Waals surface area (Å²) in [6.45, 7) is -0.135. The van der Waals surface area contributed by atoms with Gasteiger partial charge in [0.2, 0.25) is 0 Å². The predicted molar refractivity (Wildman–Crippen MR) is 125 cm³/mol. The van der Waals surface area contributed by atoms with E-state index in [9.17, 15) is 4.79 Å². The molecule has 0 radical (unpaired) electrons. The smallest absolute Gasteiger partial charge is 0.262 e. The van der Waals surface area contributed by atoms with Crippen molar-refractivity contribution in [2.45, 2.75) is 0 Å². The van der Waals surface area contributed by atoms with E-state index in [0.29, 0.717) is 33.6 Å². The standard InChI is InChI=1S/C24H17ClN6O2/c25-18-6-2-8-20(13-18)33-15-23(32)27-19-7-1-4-16(12-19)21-9-10-22-28-29-24(31(22)30-21)17-5-3-11-26-14-17/h1-14H,15H2,(H,27,32). The van der Waals surface area contributed by atoms with Crippen LogP contribution in [0.1, 0.15) is 0 Å². The number of nitrogens with one attached hydrogen (secondary N) is 1. The van der Waals surface area contributed by atoms with Crippen molar-refractivity contribution in [3.8, 4) is 28.4 Å². The molecule has 0 aliphatic heterocycles. The quantitative estimate of drug-likeness (QED) is 0.403. The third kappa shape index (κ3) is 4.65. The molecule has 1 N–H and O–H groups in total. The van der Waals surface area contributed by atoms with E-state index in [4.69, 9.17) is 21.4 Å². The van der Waals surface area contributed by atoms with Gasteiger partial charge in [-0.3, -0.25) is 9.78 Å². The second kappa shape index (κ2) is 9.05. The van der Waals surface area contributed by atoms with Crippen LogP contribution >= 0.6 is 11.6 Å². The molecule has 0 aliphatic carbocycles. The number of nitrogens with zero attached hydrogens (tertiary/aromatic N) is 5. The molecule has 33 heavy (non-hydrogen) atoms. The largest absolute Gasteiger partial charge is 0.484 e. The molecule has 0 atom stereocenters. The van der Waals surface area contributed by atoms with Crippen molar-refractivity contribution in [3.05, 3.63) is 90.2 Å². The number of ether oxygens (including phenoxy) is 1. The molecule has 8 nitrogen and oxygen atoms in total. The average molecular weight is 457 g/mol. The van der Waals surface area contributed by atoms with Gasteiger partial charge in [0.1, 0.15) is 5.75 Å². The average Bonchev–Trinajstić information content (AvgIpc) is 3.27. The Bertz CT molecular complexity index is 1440. The normalized spacial score (nSPS) is 10.8. The second-order valence-electron chi connectivity index (χ2n) is 7.13. The molecule has 5 rings (SSSR count). The van der Waals surface area contributed by atoms with Gasteiger partial charge in [0, 0.05) is 34.2 Å². The zero-order chi connectivity index (χ0) is 22.6. The van der Waals surface area contributed by atoms with Crippen LogP contribution in [0.2, 0.25) is 5.02 Å². The SMILES string of the molecule is O=C(COc1cccc(Cl)c1)Nc1cccc(-c2ccc3nnc(-c4cccnc4)n3n2)c1. The van der Waals surface area contributed by atoms with Gasteiger partial charge in [-0.25, -0.2) is 0 Å². The van der Waals surface area contributed by atoms with Gasteiger partial charge < -0.3 is 10.1 Å². The van der Waals surface area contributed by atoms with Crippen LogP contribution in [-0.4, -0.2) is 37.3 Å². The number of carbonyl (C=O) groups is 1. The van der Waals surface area contributed by atoms with E-state index in [2.05, 4.69) is 20.5 Å². The number of halogens is 1. The molecule has 5 aromatic rings. The predicted octanol–water partition coefficient (Wildman–Crippen LogP) is 4.52. The maximum atomic E-state index is 12.3. The van der Waals surface area contributed by atoms with Crippen molar-refractivity contribution in [2.75, 3.05) is 11.9 Å². The first kappa shape index (κ1) is 20.6. The first-order valence-corrected chi connectivity index (χ1v) is 10.4. The highest BCUT2D eigenvalue weighted by atomic mass is 35.5. The van der Waals surface area contributed by atoms with Crippen LogP contribution in [0.5, 0.6) is 5.75 Å². The van der Waals surface area contributed by atoms with Crippen molar-refractivity contribution in [3.63, 3.8) is 0 Å². The number of rotatable bonds is 6. The fraction of sp³-hybridized carbons (Fsp3) is 0.0417. The number of hydrogen-bond acceptors (Lipinski definition) is 6. The number of pyridine rings is 1. The van der Waals surface area contributed by atoms with Gasteiger partial charge in [-0.1, -0.05) is 29.8 Å². The summed E-state index contributed by atoms with van der Waals surface area (Å²) >= 11 is 5.94. The first-order chi connectivity index (χ1) is 16.2. The number of carbonyl (C=O) groups excluding carboxylic acids is 1. The highest BCUT2D eigenvalue weighted by molar-refractivity contribution is 6.30. The van der Waals surface area contributed by atoms with Crippen molar-refractivity contribution >= 4 is 28.8 Å². The zero-order valence-electron chi connectivity index (χ0n) is 17.2. The van der Waals surface area contributed by atoms with Gasteiger partial charge >= 0.3 is 0 Å². The Morgan fingerprint density at radius 3 is 2.70 bits per heavy atom. The minimum Gasteiger partial charge on any atom is -0.484 e. The van der Waals surface area contributed by atoms with E-state index < -0.39 is 0 Å². The molecule has 0 aliphatic rings. The van der Waals surface area contributed by atoms with Crippen molar-refractivity contribution in [1.29, 1.82) is 0 Å². The molecule has 3 aromatic heterocycles. The summed E-state index contributed by atoms with van der Waals surface area (Å²) in [6, 6.07) is 21.8. The van der Waals surface area contributed by atoms with Gasteiger partial charge in [0.25, 0.3) is 5.91 Å². The molecular weight excluding hydrogens is 440 g/mol. The van der Waals surface area contributed by atoms with Gasteiger partial charge in [0.15, 0.2) is 18.1 Å². The van der Waals surface area contributed by atoms with Crippen LogP contribution in [0.25, 0.3) is 28.3 Å². The van der Waals surface area contributed by atoms with E-state index in [1.807, 2.05) is 42.5 Å². The summed E-state index contributed by atoms with van der Waals surface area (Å²) in [5.74, 6) is 0.845. The third-order valence-electron chi connectivity index (χ3n) is 4.79. The van der Waals surface area contributed by atoms with Crippen molar-refractivity contribution in [1.82, 2.24) is 24.8 Å². The lowest BCUT2D eigenvalue weighted by molar-refractivity contribution is -0.118. The molecule has 0 saturated heterocycles. The van der Waals surface area contributed by atoms with Crippen LogP contribution in [0.3, 0.4) is 0 Å². The van der Waals surface area contributed by atoms with Crippen molar-refractivity contribution < 1.29 is 9.53 Å². The van der Waals surface area contributed by atoms with Crippen LogP contribution in [0, 0.1) is 0 Å². The molecule has 2 aromatic carbocycles. The summed E-state index contributed by atoms with van der Waals surface area (Å²) < 4.78 is 7.18. The maximum absolute atomic E-state index is 12.3. The Morgan fingerprint density at radius 1 is 0.970 bits per heavy atom. The molecule has 0 spiro atoms. The summed E-state index contributed by atoms with van der Waals surface area (Å²) in [4.78, 5) is 16.5. The second-order valence-corrected chi connectivity index (χ2v) is 7.57. The fourth-order valence-electron chi connectivity index (χ4n) is 3.28.